The molecule has 0 radical (unpaired) electrons. The highest BCUT2D eigenvalue weighted by molar-refractivity contribution is 5.66. The van der Waals surface area contributed by atoms with Gasteiger partial charge in [-0.3, -0.25) is 4.79 Å². The summed E-state index contributed by atoms with van der Waals surface area (Å²) in [4.78, 5) is 10.9. The molecule has 0 saturated heterocycles. The summed E-state index contributed by atoms with van der Waals surface area (Å²) in [5, 5.41) is 0. The highest BCUT2D eigenvalue weighted by Gasteiger charge is 2.26. The van der Waals surface area contributed by atoms with Gasteiger partial charge in [-0.1, -0.05) is 30.3 Å². The van der Waals surface area contributed by atoms with Crippen molar-refractivity contribution < 1.29 is 19.0 Å². The molecule has 1 aliphatic rings. The van der Waals surface area contributed by atoms with Crippen molar-refractivity contribution in [2.24, 2.45) is 0 Å². The zero-order chi connectivity index (χ0) is 13.7. The summed E-state index contributed by atoms with van der Waals surface area (Å²) in [6, 6.07) is 9.90. The molecular weight excluding hydrogens is 244 g/mol. The molecule has 0 unspecified atom stereocenters. The normalized spacial score (nSPS) is 26.1. The van der Waals surface area contributed by atoms with Crippen molar-refractivity contribution in [1.82, 2.24) is 0 Å². The summed E-state index contributed by atoms with van der Waals surface area (Å²) >= 11 is 0. The maximum atomic E-state index is 10.9. The molecule has 0 spiro atoms. The molecule has 0 aliphatic carbocycles. The minimum atomic E-state index is -0.401. The molecule has 1 aliphatic heterocycles. The maximum Gasteiger partial charge on any atom is 0.303 e. The Bertz CT molecular complexity index is 441. The van der Waals surface area contributed by atoms with Gasteiger partial charge in [0.1, 0.15) is 6.10 Å². The number of carbonyl (C=O) groups is 1. The number of carbonyl (C=O) groups excluding carboxylic acids is 1. The van der Waals surface area contributed by atoms with Gasteiger partial charge in [-0.15, -0.1) is 0 Å². The van der Waals surface area contributed by atoms with Gasteiger partial charge in [-0.2, -0.15) is 0 Å². The number of ether oxygens (including phenoxy) is 3. The zero-order valence-electron chi connectivity index (χ0n) is 11.1. The molecule has 4 heteroatoms. The number of hydrogen-bond acceptors (Lipinski definition) is 4. The third-order valence-electron chi connectivity index (χ3n) is 2.83. The smallest absolute Gasteiger partial charge is 0.303 e. The van der Waals surface area contributed by atoms with Crippen LogP contribution in [0.3, 0.4) is 0 Å². The van der Waals surface area contributed by atoms with E-state index in [1.807, 2.05) is 43.3 Å². The third kappa shape index (κ3) is 4.19. The lowest BCUT2D eigenvalue weighted by atomic mass is 10.1. The van der Waals surface area contributed by atoms with Crippen LogP contribution in [0.5, 0.6) is 0 Å². The van der Waals surface area contributed by atoms with E-state index in [0.717, 1.165) is 5.56 Å². The maximum absolute atomic E-state index is 10.9. The first-order chi connectivity index (χ1) is 9.15. The lowest BCUT2D eigenvalue weighted by Gasteiger charge is -2.29. The van der Waals surface area contributed by atoms with Gasteiger partial charge in [-0.05, 0) is 24.6 Å². The molecule has 3 atom stereocenters. The van der Waals surface area contributed by atoms with E-state index in [9.17, 15) is 4.79 Å². The zero-order valence-corrected chi connectivity index (χ0v) is 11.1. The summed E-state index contributed by atoms with van der Waals surface area (Å²) in [5.74, 6) is -0.311. The van der Waals surface area contributed by atoms with Crippen molar-refractivity contribution in [3.8, 4) is 0 Å². The van der Waals surface area contributed by atoms with E-state index in [1.165, 1.54) is 6.92 Å². The Hall–Kier alpha value is -1.65. The molecular formula is C15H18O4. The van der Waals surface area contributed by atoms with Crippen LogP contribution in [0.2, 0.25) is 0 Å². The Morgan fingerprint density at radius 1 is 1.26 bits per heavy atom. The minimum Gasteiger partial charge on any atom is -0.456 e. The summed E-state index contributed by atoms with van der Waals surface area (Å²) in [7, 11) is 0. The monoisotopic (exact) mass is 262 g/mol. The Morgan fingerprint density at radius 2 is 2.00 bits per heavy atom. The Kier molecular flexibility index (Phi) is 4.71. The van der Waals surface area contributed by atoms with E-state index < -0.39 is 6.29 Å². The van der Waals surface area contributed by atoms with Crippen molar-refractivity contribution in [3.63, 3.8) is 0 Å². The SMILES string of the molecule is CC(=O)O[C@@H]1C=C[C@H](OCc2ccccc2)O[C@H]1C. The summed E-state index contributed by atoms with van der Waals surface area (Å²) in [5.41, 5.74) is 1.09. The van der Waals surface area contributed by atoms with Crippen molar-refractivity contribution in [2.75, 3.05) is 0 Å². The average molecular weight is 262 g/mol. The summed E-state index contributed by atoms with van der Waals surface area (Å²) in [6.07, 6.45) is 2.63. The number of esters is 1. The van der Waals surface area contributed by atoms with Crippen molar-refractivity contribution in [3.05, 3.63) is 48.0 Å². The van der Waals surface area contributed by atoms with Crippen LogP contribution in [0.15, 0.2) is 42.5 Å². The van der Waals surface area contributed by atoms with Gasteiger partial charge in [0.2, 0.25) is 0 Å². The third-order valence-corrected chi connectivity index (χ3v) is 2.83. The number of rotatable bonds is 4. The summed E-state index contributed by atoms with van der Waals surface area (Å²) < 4.78 is 16.4. The van der Waals surface area contributed by atoms with Crippen LogP contribution in [0, 0.1) is 0 Å². The lowest BCUT2D eigenvalue weighted by Crippen LogP contribution is -2.36. The molecule has 1 aromatic carbocycles. The van der Waals surface area contributed by atoms with Crippen LogP contribution in [-0.2, 0) is 25.6 Å². The fourth-order valence-electron chi connectivity index (χ4n) is 1.87. The molecule has 19 heavy (non-hydrogen) atoms. The van der Waals surface area contributed by atoms with Gasteiger partial charge < -0.3 is 14.2 Å². The van der Waals surface area contributed by atoms with E-state index in [2.05, 4.69) is 0 Å². The Labute approximate surface area is 113 Å². The van der Waals surface area contributed by atoms with Gasteiger partial charge in [0, 0.05) is 6.92 Å². The number of hydrogen-bond donors (Lipinski definition) is 0. The topological polar surface area (TPSA) is 44.8 Å². The molecule has 0 saturated carbocycles. The van der Waals surface area contributed by atoms with Crippen LogP contribution >= 0.6 is 0 Å². The van der Waals surface area contributed by atoms with Gasteiger partial charge in [0.05, 0.1) is 12.7 Å². The lowest BCUT2D eigenvalue weighted by molar-refractivity contribution is -0.184. The average Bonchev–Trinajstić information content (AvgIpc) is 2.40. The van der Waals surface area contributed by atoms with Crippen LogP contribution in [0.25, 0.3) is 0 Å². The van der Waals surface area contributed by atoms with Crippen molar-refractivity contribution >= 4 is 5.97 Å². The standard InChI is InChI=1S/C15H18O4/c1-11-14(19-12(2)16)8-9-15(18-11)17-10-13-6-4-3-5-7-13/h3-9,11,14-15H,10H2,1-2H3/t11-,14+,15+/m0/s1. The van der Waals surface area contributed by atoms with Crippen LogP contribution in [0.1, 0.15) is 19.4 Å². The molecule has 4 nitrogen and oxygen atoms in total. The first-order valence-corrected chi connectivity index (χ1v) is 6.31. The molecule has 2 rings (SSSR count). The molecule has 0 N–H and O–H groups in total. The van der Waals surface area contributed by atoms with Crippen LogP contribution in [-0.4, -0.2) is 24.5 Å². The van der Waals surface area contributed by atoms with Gasteiger partial charge >= 0.3 is 5.97 Å². The molecule has 0 bridgehead atoms. The highest BCUT2D eigenvalue weighted by Crippen LogP contribution is 2.17. The predicted molar refractivity (Wildman–Crippen MR) is 70.3 cm³/mol. The molecule has 1 aromatic rings. The molecule has 0 amide bonds. The second-order valence-electron chi connectivity index (χ2n) is 4.47. The Morgan fingerprint density at radius 3 is 2.63 bits per heavy atom. The van der Waals surface area contributed by atoms with Crippen LogP contribution < -0.4 is 0 Å². The second kappa shape index (κ2) is 6.50. The van der Waals surface area contributed by atoms with Crippen LogP contribution in [0.4, 0.5) is 0 Å². The van der Waals surface area contributed by atoms with E-state index >= 15 is 0 Å². The highest BCUT2D eigenvalue weighted by atomic mass is 16.7. The van der Waals surface area contributed by atoms with E-state index in [0.29, 0.717) is 6.61 Å². The largest absolute Gasteiger partial charge is 0.456 e. The predicted octanol–water partition coefficient (Wildman–Crippen LogP) is 2.44. The van der Waals surface area contributed by atoms with Gasteiger partial charge in [0.15, 0.2) is 6.29 Å². The molecule has 0 fully saturated rings. The van der Waals surface area contributed by atoms with E-state index in [4.69, 9.17) is 14.2 Å². The Balaban J connectivity index is 1.85. The first-order valence-electron chi connectivity index (χ1n) is 6.31. The van der Waals surface area contributed by atoms with E-state index in [1.54, 1.807) is 6.08 Å². The quantitative estimate of drug-likeness (QED) is 0.617. The van der Waals surface area contributed by atoms with Gasteiger partial charge in [-0.25, -0.2) is 0 Å². The first kappa shape index (κ1) is 13.8. The summed E-state index contributed by atoms with van der Waals surface area (Å²) in [6.45, 7) is 3.73. The number of benzene rings is 1. The minimum absolute atomic E-state index is 0.213. The van der Waals surface area contributed by atoms with E-state index in [-0.39, 0.29) is 18.2 Å². The fraction of sp³-hybridized carbons (Fsp3) is 0.400. The fourth-order valence-corrected chi connectivity index (χ4v) is 1.87. The molecule has 1 heterocycles. The molecule has 102 valence electrons. The van der Waals surface area contributed by atoms with Crippen molar-refractivity contribution in [2.45, 2.75) is 39.0 Å². The molecule has 0 aromatic heterocycles. The second-order valence-corrected chi connectivity index (χ2v) is 4.47. The van der Waals surface area contributed by atoms with Crippen molar-refractivity contribution in [1.29, 1.82) is 0 Å². The van der Waals surface area contributed by atoms with Gasteiger partial charge in [0.25, 0.3) is 0 Å².